The average Bonchev–Trinajstić information content (AvgIpc) is 3.22. The fourth-order valence-electron chi connectivity index (χ4n) is 3.56. The van der Waals surface area contributed by atoms with Crippen molar-refractivity contribution in [2.45, 2.75) is 60.3 Å². The number of carbonyl (C=O) groups excluding carboxylic acids is 1. The average molecular weight is 481 g/mol. The summed E-state index contributed by atoms with van der Waals surface area (Å²) >= 11 is 0. The lowest BCUT2D eigenvalue weighted by molar-refractivity contribution is -0.139. The molecule has 0 saturated heterocycles. The van der Waals surface area contributed by atoms with Crippen molar-refractivity contribution in [2.75, 3.05) is 19.8 Å². The van der Waals surface area contributed by atoms with Crippen LogP contribution in [-0.2, 0) is 22.7 Å². The lowest BCUT2D eigenvalue weighted by Crippen LogP contribution is -2.32. The van der Waals surface area contributed by atoms with Crippen LogP contribution in [-0.4, -0.2) is 41.0 Å². The molecule has 1 heterocycles. The van der Waals surface area contributed by atoms with Crippen LogP contribution < -0.4 is 14.2 Å². The number of para-hydroxylation sites is 1. The van der Waals surface area contributed by atoms with Gasteiger partial charge in [-0.05, 0) is 65.8 Å². The minimum Gasteiger partial charge on any atom is -0.494 e. The predicted octanol–water partition coefficient (Wildman–Crippen LogP) is 5.68. The predicted molar refractivity (Wildman–Crippen MR) is 136 cm³/mol. The summed E-state index contributed by atoms with van der Waals surface area (Å²) in [5.74, 6) is 2.25. The molecule has 0 N–H and O–H groups in total. The molecule has 0 bridgehead atoms. The zero-order valence-electron chi connectivity index (χ0n) is 21.6. The highest BCUT2D eigenvalue weighted by Gasteiger charge is 2.25. The van der Waals surface area contributed by atoms with Gasteiger partial charge in [0.1, 0.15) is 22.8 Å². The summed E-state index contributed by atoms with van der Waals surface area (Å²) in [7, 11) is 0. The monoisotopic (exact) mass is 480 g/mol. The Hall–Kier alpha value is -3.32. The molecule has 0 saturated carbocycles. The van der Waals surface area contributed by atoms with Gasteiger partial charge in [-0.2, -0.15) is 5.10 Å². The number of ether oxygens (including phenoxy) is 4. The van der Waals surface area contributed by atoms with E-state index in [-0.39, 0.29) is 12.4 Å². The second kappa shape index (κ2) is 11.9. The highest BCUT2D eigenvalue weighted by atomic mass is 16.5. The van der Waals surface area contributed by atoms with E-state index < -0.39 is 5.60 Å². The Kier molecular flexibility index (Phi) is 8.93. The Balaban J connectivity index is 2.05. The van der Waals surface area contributed by atoms with E-state index in [2.05, 4.69) is 0 Å². The van der Waals surface area contributed by atoms with Crippen molar-refractivity contribution in [1.29, 1.82) is 0 Å². The number of carbonyl (C=O) groups is 1. The van der Waals surface area contributed by atoms with E-state index in [1.54, 1.807) is 13.8 Å². The molecule has 2 aromatic carbocycles. The molecule has 1 aromatic heterocycles. The number of aromatic nitrogens is 2. The first kappa shape index (κ1) is 26.3. The standard InChI is InChI=1S/C28H36N2O5/c1-7-32-24-14-22(15-25(17-24)33-8-2)26-16-23(19-35-28(5,6)20(4)31)29-30(26)18-21-12-10-11-13-27(21)34-9-3/h10-17H,7-9,18-19H2,1-6H3. The van der Waals surface area contributed by atoms with Crippen LogP contribution in [0.2, 0.25) is 0 Å². The van der Waals surface area contributed by atoms with E-state index in [0.29, 0.717) is 26.4 Å². The maximum absolute atomic E-state index is 11.9. The molecule has 0 fully saturated rings. The highest BCUT2D eigenvalue weighted by molar-refractivity contribution is 5.83. The Morgan fingerprint density at radius 1 is 0.914 bits per heavy atom. The van der Waals surface area contributed by atoms with Crippen LogP contribution in [0.4, 0.5) is 0 Å². The number of hydrogen-bond donors (Lipinski definition) is 0. The molecule has 0 amide bonds. The van der Waals surface area contributed by atoms with Crippen LogP contribution in [0.3, 0.4) is 0 Å². The number of ketones is 1. The third-order valence-corrected chi connectivity index (χ3v) is 5.65. The summed E-state index contributed by atoms with van der Waals surface area (Å²) in [6, 6.07) is 15.8. The topological polar surface area (TPSA) is 71.8 Å². The van der Waals surface area contributed by atoms with Gasteiger partial charge >= 0.3 is 0 Å². The van der Waals surface area contributed by atoms with Crippen molar-refractivity contribution in [3.8, 4) is 28.5 Å². The molecular weight excluding hydrogens is 444 g/mol. The van der Waals surface area contributed by atoms with Crippen LogP contribution in [0.15, 0.2) is 48.5 Å². The summed E-state index contributed by atoms with van der Waals surface area (Å²) in [6.45, 7) is 13.3. The van der Waals surface area contributed by atoms with E-state index in [9.17, 15) is 4.79 Å². The lowest BCUT2D eigenvalue weighted by atomic mass is 10.1. The van der Waals surface area contributed by atoms with Crippen molar-refractivity contribution in [3.63, 3.8) is 0 Å². The van der Waals surface area contributed by atoms with Crippen LogP contribution in [0.1, 0.15) is 52.8 Å². The van der Waals surface area contributed by atoms with Gasteiger partial charge in [0.25, 0.3) is 0 Å². The normalized spacial score (nSPS) is 11.4. The van der Waals surface area contributed by atoms with Gasteiger partial charge in [-0.15, -0.1) is 0 Å². The molecule has 3 rings (SSSR count). The van der Waals surface area contributed by atoms with Crippen LogP contribution >= 0.6 is 0 Å². The summed E-state index contributed by atoms with van der Waals surface area (Å²) in [5, 5.41) is 4.84. The first-order valence-corrected chi connectivity index (χ1v) is 12.1. The van der Waals surface area contributed by atoms with Crippen LogP contribution in [0.5, 0.6) is 17.2 Å². The zero-order chi connectivity index (χ0) is 25.4. The van der Waals surface area contributed by atoms with E-state index in [0.717, 1.165) is 39.8 Å². The molecule has 0 radical (unpaired) electrons. The molecule has 0 aliphatic rings. The first-order valence-electron chi connectivity index (χ1n) is 12.1. The highest BCUT2D eigenvalue weighted by Crippen LogP contribution is 2.32. The summed E-state index contributed by atoms with van der Waals surface area (Å²) < 4.78 is 25.3. The third-order valence-electron chi connectivity index (χ3n) is 5.65. The molecule has 3 aromatic rings. The van der Waals surface area contributed by atoms with Crippen molar-refractivity contribution >= 4 is 5.78 Å². The number of hydrogen-bond acceptors (Lipinski definition) is 6. The largest absolute Gasteiger partial charge is 0.494 e. The third kappa shape index (κ3) is 6.85. The zero-order valence-corrected chi connectivity index (χ0v) is 21.6. The fourth-order valence-corrected chi connectivity index (χ4v) is 3.56. The number of nitrogens with zero attached hydrogens (tertiary/aromatic N) is 2. The van der Waals surface area contributed by atoms with Gasteiger partial charge in [-0.3, -0.25) is 9.48 Å². The fraction of sp³-hybridized carbons (Fsp3) is 0.429. The number of rotatable bonds is 13. The van der Waals surface area contributed by atoms with E-state index in [1.807, 2.05) is 74.0 Å². The maximum atomic E-state index is 11.9. The maximum Gasteiger partial charge on any atom is 0.161 e. The van der Waals surface area contributed by atoms with Gasteiger partial charge in [-0.1, -0.05) is 18.2 Å². The van der Waals surface area contributed by atoms with Crippen molar-refractivity contribution in [3.05, 3.63) is 59.8 Å². The molecule has 35 heavy (non-hydrogen) atoms. The smallest absolute Gasteiger partial charge is 0.161 e. The van der Waals surface area contributed by atoms with Gasteiger partial charge in [0.05, 0.1) is 44.4 Å². The second-order valence-corrected chi connectivity index (χ2v) is 8.63. The summed E-state index contributed by atoms with van der Waals surface area (Å²) in [6.07, 6.45) is 0. The molecule has 0 spiro atoms. The van der Waals surface area contributed by atoms with Gasteiger partial charge in [0, 0.05) is 17.2 Å². The molecular formula is C28H36N2O5. The minimum absolute atomic E-state index is 0.0337. The second-order valence-electron chi connectivity index (χ2n) is 8.63. The van der Waals surface area contributed by atoms with Crippen molar-refractivity contribution in [2.24, 2.45) is 0 Å². The number of benzene rings is 2. The number of Topliss-reactive ketones (excluding diaryl/α,β-unsaturated/α-hetero) is 1. The molecule has 7 nitrogen and oxygen atoms in total. The van der Waals surface area contributed by atoms with Gasteiger partial charge < -0.3 is 18.9 Å². The lowest BCUT2D eigenvalue weighted by Gasteiger charge is -2.21. The van der Waals surface area contributed by atoms with Crippen LogP contribution in [0, 0.1) is 0 Å². The molecule has 0 aliphatic heterocycles. The molecule has 0 unspecified atom stereocenters. The Labute approximate surface area is 208 Å². The van der Waals surface area contributed by atoms with E-state index in [1.165, 1.54) is 6.92 Å². The van der Waals surface area contributed by atoms with Gasteiger partial charge in [0.15, 0.2) is 5.78 Å². The SMILES string of the molecule is CCOc1cc(OCC)cc(-c2cc(COC(C)(C)C(C)=O)nn2Cc2ccccc2OCC)c1. The molecule has 0 atom stereocenters. The van der Waals surface area contributed by atoms with Gasteiger partial charge in [-0.25, -0.2) is 0 Å². The van der Waals surface area contributed by atoms with E-state index >= 15 is 0 Å². The Bertz CT molecular complexity index is 1110. The van der Waals surface area contributed by atoms with Crippen molar-refractivity contribution < 1.29 is 23.7 Å². The summed E-state index contributed by atoms with van der Waals surface area (Å²) in [4.78, 5) is 11.9. The first-order chi connectivity index (χ1) is 16.8. The molecule has 7 heteroatoms. The van der Waals surface area contributed by atoms with Gasteiger partial charge in [0.2, 0.25) is 0 Å². The minimum atomic E-state index is -0.886. The molecule has 188 valence electrons. The van der Waals surface area contributed by atoms with Crippen LogP contribution in [0.25, 0.3) is 11.3 Å². The van der Waals surface area contributed by atoms with E-state index in [4.69, 9.17) is 24.0 Å². The molecule has 0 aliphatic carbocycles. The Morgan fingerprint density at radius 2 is 1.54 bits per heavy atom. The summed E-state index contributed by atoms with van der Waals surface area (Å²) in [5.41, 5.74) is 2.66. The quantitative estimate of drug-likeness (QED) is 0.313. The van der Waals surface area contributed by atoms with Crippen molar-refractivity contribution in [1.82, 2.24) is 9.78 Å². The Morgan fingerprint density at radius 3 is 2.14 bits per heavy atom.